The molecular formula is C34H34F4N6O3. The van der Waals surface area contributed by atoms with Gasteiger partial charge in [0.25, 0.3) is 0 Å². The molecular weight excluding hydrogens is 616 g/mol. The Kier molecular flexibility index (Phi) is 8.28. The molecule has 4 fully saturated rings. The highest BCUT2D eigenvalue weighted by atomic mass is 19.2. The van der Waals surface area contributed by atoms with Crippen molar-refractivity contribution < 1.29 is 32.5 Å². The molecule has 0 radical (unpaired) electrons. The summed E-state index contributed by atoms with van der Waals surface area (Å²) in [6, 6.07) is 3.88. The third-order valence-corrected chi connectivity index (χ3v) is 9.77. The number of halogens is 4. The van der Waals surface area contributed by atoms with E-state index in [4.69, 9.17) is 16.9 Å². The van der Waals surface area contributed by atoms with Crippen molar-refractivity contribution in [2.45, 2.75) is 57.2 Å². The monoisotopic (exact) mass is 650 g/mol. The number of rotatable bonds is 4. The molecule has 1 aliphatic carbocycles. The van der Waals surface area contributed by atoms with E-state index in [1.165, 1.54) is 37.6 Å². The molecule has 4 aromatic rings. The molecule has 4 atom stereocenters. The van der Waals surface area contributed by atoms with Crippen LogP contribution in [0.2, 0.25) is 0 Å². The molecule has 3 saturated heterocycles. The zero-order chi connectivity index (χ0) is 33.0. The number of ether oxygens (including phenoxy) is 1. The number of aliphatic hydroxyl groups excluding tert-OH is 1. The first-order valence-electron chi connectivity index (χ1n) is 15.8. The van der Waals surface area contributed by atoms with Crippen molar-refractivity contribution in [3.8, 4) is 29.6 Å². The molecule has 4 aliphatic rings. The number of anilines is 2. The Hall–Kier alpha value is -4.25. The summed E-state index contributed by atoms with van der Waals surface area (Å²) in [5.74, 6) is 0.498. The second kappa shape index (κ2) is 12.4. The Bertz CT molecular complexity index is 1880. The largest absolute Gasteiger partial charge is 0.408 e. The number of pyridine rings is 1. The van der Waals surface area contributed by atoms with Crippen molar-refractivity contribution in [2.24, 2.45) is 11.8 Å². The Morgan fingerprint density at radius 1 is 1.00 bits per heavy atom. The zero-order valence-corrected chi connectivity index (χ0v) is 25.5. The van der Waals surface area contributed by atoms with Crippen LogP contribution in [0.4, 0.5) is 29.1 Å². The molecule has 1 saturated carbocycles. The van der Waals surface area contributed by atoms with E-state index in [1.54, 1.807) is 0 Å². The van der Waals surface area contributed by atoms with Crippen LogP contribution in [0.3, 0.4) is 0 Å². The number of nitrogens with two attached hydrogens (primary N) is 1. The quantitative estimate of drug-likeness (QED) is 0.123. The van der Waals surface area contributed by atoms with Gasteiger partial charge in [-0.15, -0.1) is 6.42 Å². The van der Waals surface area contributed by atoms with Gasteiger partial charge >= 0.3 is 12.5 Å². The first kappa shape index (κ1) is 31.4. The third-order valence-electron chi connectivity index (χ3n) is 9.77. The fourth-order valence-electron chi connectivity index (χ4n) is 7.44. The molecule has 3 aliphatic heterocycles. The smallest absolute Gasteiger partial charge is 0.323 e. The molecule has 246 valence electrons. The summed E-state index contributed by atoms with van der Waals surface area (Å²) in [5.41, 5.74) is 5.36. The van der Waals surface area contributed by atoms with E-state index in [0.29, 0.717) is 43.3 Å². The van der Waals surface area contributed by atoms with E-state index in [0.717, 1.165) is 31.9 Å². The maximum absolute atomic E-state index is 16.2. The highest BCUT2D eigenvalue weighted by Gasteiger charge is 2.39. The highest BCUT2D eigenvalue weighted by Crippen LogP contribution is 2.46. The van der Waals surface area contributed by atoms with Crippen molar-refractivity contribution in [3.63, 3.8) is 0 Å². The summed E-state index contributed by atoms with van der Waals surface area (Å²) in [6.45, 7) is 0.980. The van der Waals surface area contributed by atoms with Crippen LogP contribution < -0.4 is 15.4 Å². The minimum Gasteiger partial charge on any atom is -0.408 e. The minimum absolute atomic E-state index is 0.0472. The number of aliphatic hydroxyl groups is 2. The second-order valence-electron chi connectivity index (χ2n) is 12.8. The summed E-state index contributed by atoms with van der Waals surface area (Å²) in [7, 11) is 0. The topological polar surface area (TPSA) is 121 Å². The lowest BCUT2D eigenvalue weighted by Crippen LogP contribution is -2.27. The van der Waals surface area contributed by atoms with Gasteiger partial charge in [-0.3, -0.25) is 9.88 Å². The fourth-order valence-corrected chi connectivity index (χ4v) is 7.44. The van der Waals surface area contributed by atoms with Crippen LogP contribution in [-0.2, 0) is 0 Å². The summed E-state index contributed by atoms with van der Waals surface area (Å²) in [4.78, 5) is 17.0. The van der Waals surface area contributed by atoms with Gasteiger partial charge in [0.15, 0.2) is 17.5 Å². The van der Waals surface area contributed by atoms with Crippen LogP contribution in [0.25, 0.3) is 32.9 Å². The maximum Gasteiger partial charge on any atom is 0.323 e. The Balaban J connectivity index is 0.000000334. The van der Waals surface area contributed by atoms with Crippen molar-refractivity contribution in [2.75, 3.05) is 36.8 Å². The minimum atomic E-state index is -2.23. The predicted molar refractivity (Wildman–Crippen MR) is 169 cm³/mol. The van der Waals surface area contributed by atoms with Crippen molar-refractivity contribution in [1.82, 2.24) is 19.9 Å². The van der Waals surface area contributed by atoms with Crippen molar-refractivity contribution in [3.05, 3.63) is 47.4 Å². The SMILES string of the molecule is C#Cc1c(F)c(F)cc2cc(N)cc(-c3ncc4c(N5CCC6CC6CC5)nc(OC(O)O)nc4c3F)c12.FC1CC2CCCN2C1. The summed E-state index contributed by atoms with van der Waals surface area (Å²) in [5, 5.41) is 19.2. The van der Waals surface area contributed by atoms with Gasteiger partial charge in [-0.1, -0.05) is 5.92 Å². The van der Waals surface area contributed by atoms with Crippen LogP contribution in [0, 0.1) is 41.6 Å². The average Bonchev–Trinajstić information content (AvgIpc) is 3.56. The molecule has 2 aromatic heterocycles. The average molecular weight is 651 g/mol. The van der Waals surface area contributed by atoms with Gasteiger partial charge in [-0.25, -0.2) is 17.6 Å². The number of benzene rings is 2. The Morgan fingerprint density at radius 3 is 2.47 bits per heavy atom. The van der Waals surface area contributed by atoms with Crippen LogP contribution in [0.5, 0.6) is 6.01 Å². The molecule has 2 aromatic carbocycles. The van der Waals surface area contributed by atoms with Gasteiger partial charge in [-0.2, -0.15) is 9.97 Å². The van der Waals surface area contributed by atoms with E-state index >= 15 is 4.39 Å². The number of hydrogen-bond donors (Lipinski definition) is 3. The van der Waals surface area contributed by atoms with Gasteiger partial charge in [0.1, 0.15) is 23.2 Å². The third kappa shape index (κ3) is 6.01. The molecule has 13 heteroatoms. The summed E-state index contributed by atoms with van der Waals surface area (Å²) >= 11 is 0. The Labute approximate surface area is 268 Å². The first-order chi connectivity index (χ1) is 22.6. The van der Waals surface area contributed by atoms with E-state index in [-0.39, 0.29) is 38.6 Å². The van der Waals surface area contributed by atoms with Gasteiger partial charge in [0, 0.05) is 48.5 Å². The van der Waals surface area contributed by atoms with Crippen molar-refractivity contribution >= 4 is 33.2 Å². The van der Waals surface area contributed by atoms with E-state index in [2.05, 4.69) is 25.8 Å². The number of aromatic nitrogens is 3. The molecule has 5 heterocycles. The lowest BCUT2D eigenvalue weighted by Gasteiger charge is -2.24. The molecule has 0 amide bonds. The van der Waals surface area contributed by atoms with Gasteiger partial charge < -0.3 is 25.6 Å². The van der Waals surface area contributed by atoms with Crippen LogP contribution in [-0.4, -0.2) is 74.9 Å². The first-order valence-corrected chi connectivity index (χ1v) is 15.8. The number of terminal acetylenes is 1. The number of fused-ring (bicyclic) bond motifs is 4. The molecule has 8 rings (SSSR count). The molecule has 4 N–H and O–H groups in total. The van der Waals surface area contributed by atoms with Gasteiger partial charge in [0.2, 0.25) is 0 Å². The van der Waals surface area contributed by atoms with Gasteiger partial charge in [-0.05, 0) is 80.5 Å². The number of nitrogen functional groups attached to an aromatic ring is 1. The van der Waals surface area contributed by atoms with E-state index in [9.17, 15) is 23.4 Å². The summed E-state index contributed by atoms with van der Waals surface area (Å²) < 4.78 is 62.6. The molecule has 0 bridgehead atoms. The zero-order valence-electron chi connectivity index (χ0n) is 25.5. The molecule has 9 nitrogen and oxygen atoms in total. The fraction of sp³-hybridized carbons (Fsp3) is 0.441. The predicted octanol–water partition coefficient (Wildman–Crippen LogP) is 4.90. The van der Waals surface area contributed by atoms with Crippen LogP contribution >= 0.6 is 0 Å². The lowest BCUT2D eigenvalue weighted by molar-refractivity contribution is -0.183. The maximum atomic E-state index is 16.2. The number of hydrogen-bond acceptors (Lipinski definition) is 9. The number of nitrogens with zero attached hydrogens (tertiary/aromatic N) is 5. The van der Waals surface area contributed by atoms with Crippen molar-refractivity contribution in [1.29, 1.82) is 0 Å². The second-order valence-corrected chi connectivity index (χ2v) is 12.8. The molecule has 0 spiro atoms. The standard InChI is InChI=1S/C27H22F3N5O3.C7H12FN/c1-2-16-20-14(9-19(28)21(16)29)8-15(31)10-17(20)23-22(30)24-18(11-32-23)25(34-26(33-24)38-27(36)37)35-5-3-12-7-13(12)4-6-35;8-6-4-7-2-1-3-9(7)5-6/h1,8-13,27,36-37H,3-7,31H2;6-7H,1-5H2. The highest BCUT2D eigenvalue weighted by molar-refractivity contribution is 6.03. The molecule has 4 unspecified atom stereocenters. The molecule has 47 heavy (non-hydrogen) atoms. The summed E-state index contributed by atoms with van der Waals surface area (Å²) in [6.07, 6.45) is 12.8. The van der Waals surface area contributed by atoms with E-state index in [1.807, 2.05) is 4.90 Å². The Morgan fingerprint density at radius 2 is 1.77 bits per heavy atom. The van der Waals surface area contributed by atoms with Crippen LogP contribution in [0.15, 0.2) is 24.4 Å². The normalized spacial score (nSPS) is 23.7. The van der Waals surface area contributed by atoms with E-state index < -0.39 is 41.7 Å². The number of alkyl halides is 1. The van der Waals surface area contributed by atoms with Crippen LogP contribution in [0.1, 0.15) is 44.1 Å². The van der Waals surface area contributed by atoms with Gasteiger partial charge in [0.05, 0.1) is 10.9 Å². The lowest BCUT2D eigenvalue weighted by atomic mass is 9.95.